The van der Waals surface area contributed by atoms with Crippen molar-refractivity contribution in [3.05, 3.63) is 0 Å². The number of esters is 1. The molecule has 0 aromatic heterocycles. The summed E-state index contributed by atoms with van der Waals surface area (Å²) in [5.74, 6) is -1.95. The lowest BCUT2D eigenvalue weighted by atomic mass is 10.7. The highest BCUT2D eigenvalue weighted by Gasteiger charge is 2.34. The first kappa shape index (κ1) is 10.0. The number of ether oxygens (including phenoxy) is 1. The second-order valence-electron chi connectivity index (χ2n) is 1.56. The van der Waals surface area contributed by atoms with Gasteiger partial charge >= 0.3 is 19.8 Å². The fourth-order valence-corrected chi connectivity index (χ4v) is 0.890. The molecule has 5 nitrogen and oxygen atoms in total. The predicted octanol–water partition coefficient (Wildman–Crippen LogP) is 0.788. The van der Waals surface area contributed by atoms with E-state index >= 15 is 0 Å². The van der Waals surface area contributed by atoms with Crippen LogP contribution < -0.4 is 0 Å². The topological polar surface area (TPSA) is 76.4 Å². The van der Waals surface area contributed by atoms with E-state index in [-0.39, 0.29) is 0 Å². The van der Waals surface area contributed by atoms with Gasteiger partial charge in [0.25, 0.3) is 0 Å². The molecule has 11 heavy (non-hydrogen) atoms. The number of nitrogens with zero attached hydrogens (tertiary/aromatic N) is 1. The Labute approximate surface area is 64.8 Å². The third-order valence-corrected chi connectivity index (χ3v) is 1.72. The summed E-state index contributed by atoms with van der Waals surface area (Å²) in [6.45, 7) is 1.13. The van der Waals surface area contributed by atoms with Crippen LogP contribution in [-0.2, 0) is 18.6 Å². The van der Waals surface area contributed by atoms with Gasteiger partial charge in [0.1, 0.15) is 0 Å². The second-order valence-corrected chi connectivity index (χ2v) is 2.96. The van der Waals surface area contributed by atoms with E-state index in [1.165, 1.54) is 13.2 Å². The maximum Gasteiger partial charge on any atom is 0.570 e. The molecule has 0 bridgehead atoms. The molecule has 2 unspecified atom stereocenters. The van der Waals surface area contributed by atoms with Crippen molar-refractivity contribution >= 4 is 14.0 Å². The van der Waals surface area contributed by atoms with Crippen molar-refractivity contribution in [1.82, 2.24) is 0 Å². The van der Waals surface area contributed by atoms with Crippen LogP contribution in [0, 0.1) is 11.3 Å². The summed E-state index contributed by atoms with van der Waals surface area (Å²) in [6, 6.07) is 1.53. The van der Waals surface area contributed by atoms with Crippen molar-refractivity contribution < 1.29 is 18.6 Å². The van der Waals surface area contributed by atoms with E-state index in [0.717, 1.165) is 6.92 Å². The Morgan fingerprint density at radius 2 is 2.27 bits per heavy atom. The van der Waals surface area contributed by atoms with Crippen molar-refractivity contribution in [3.63, 3.8) is 0 Å². The van der Waals surface area contributed by atoms with Crippen LogP contribution in [0.1, 0.15) is 6.92 Å². The molecule has 0 saturated carbocycles. The largest absolute Gasteiger partial charge is 0.570 e. The first-order valence-corrected chi connectivity index (χ1v) is 3.93. The Hall–Kier alpha value is -0.980. The van der Waals surface area contributed by atoms with E-state index in [1.807, 2.05) is 0 Å². The fourth-order valence-electron chi connectivity index (χ4n) is 0.369. The highest BCUT2D eigenvalue weighted by molar-refractivity contribution is 7.40. The van der Waals surface area contributed by atoms with E-state index in [4.69, 9.17) is 5.26 Å². The van der Waals surface area contributed by atoms with Crippen molar-refractivity contribution in [2.45, 2.75) is 12.8 Å². The molecule has 6 heteroatoms. The molecule has 0 amide bonds. The van der Waals surface area contributed by atoms with Crippen LogP contribution in [0.3, 0.4) is 0 Å². The summed E-state index contributed by atoms with van der Waals surface area (Å²) < 4.78 is 19.4. The standard InChI is InChI=1S/C5H7NO4P/c1-4(7)10-5(3-6)11(8)9-2/h5H,1-2H3/q+1. The van der Waals surface area contributed by atoms with Gasteiger partial charge in [0.15, 0.2) is 6.07 Å². The van der Waals surface area contributed by atoms with Crippen LogP contribution >= 0.6 is 8.03 Å². The molecule has 0 N–H and O–H groups in total. The van der Waals surface area contributed by atoms with Crippen LogP contribution in [0.5, 0.6) is 0 Å². The lowest BCUT2D eigenvalue weighted by Gasteiger charge is -1.94. The molecule has 60 valence electrons. The molecule has 0 aliphatic rings. The molecule has 0 radical (unpaired) electrons. The molecule has 0 heterocycles. The van der Waals surface area contributed by atoms with E-state index in [0.29, 0.717) is 0 Å². The fraction of sp³-hybridized carbons (Fsp3) is 0.600. The number of rotatable bonds is 3. The lowest BCUT2D eigenvalue weighted by molar-refractivity contribution is -0.141. The van der Waals surface area contributed by atoms with E-state index in [1.54, 1.807) is 0 Å². The highest BCUT2D eigenvalue weighted by atomic mass is 31.1. The summed E-state index contributed by atoms with van der Waals surface area (Å²) in [5.41, 5.74) is 0. The Morgan fingerprint density at radius 1 is 1.73 bits per heavy atom. The quantitative estimate of drug-likeness (QED) is 0.469. The van der Waals surface area contributed by atoms with Crippen molar-refractivity contribution in [2.24, 2.45) is 0 Å². The molecule has 2 atom stereocenters. The average molecular weight is 176 g/mol. The summed E-state index contributed by atoms with van der Waals surface area (Å²) in [5, 5.41) is 8.29. The van der Waals surface area contributed by atoms with Crippen molar-refractivity contribution in [3.8, 4) is 6.07 Å². The van der Waals surface area contributed by atoms with Gasteiger partial charge in [-0.3, -0.25) is 4.79 Å². The molecule has 0 aliphatic carbocycles. The summed E-state index contributed by atoms with van der Waals surface area (Å²) >= 11 is 0. The van der Waals surface area contributed by atoms with Crippen molar-refractivity contribution in [1.29, 1.82) is 5.26 Å². The zero-order valence-electron chi connectivity index (χ0n) is 6.10. The first-order valence-electron chi connectivity index (χ1n) is 2.69. The molecule has 0 fully saturated rings. The molecule has 0 saturated heterocycles. The Balaban J connectivity index is 4.09. The molecule has 0 aromatic rings. The molecule has 0 aliphatic heterocycles. The van der Waals surface area contributed by atoms with Crippen LogP contribution in [-0.4, -0.2) is 18.9 Å². The van der Waals surface area contributed by atoms with Crippen LogP contribution in [0.25, 0.3) is 0 Å². The van der Waals surface area contributed by atoms with Gasteiger partial charge < -0.3 is 4.74 Å². The first-order chi connectivity index (χ1) is 5.11. The average Bonchev–Trinajstić information content (AvgIpc) is 1.98. The summed E-state index contributed by atoms with van der Waals surface area (Å²) in [4.78, 5) is 10.3. The zero-order valence-corrected chi connectivity index (χ0v) is 7.00. The minimum absolute atomic E-state index is 0.656. The van der Waals surface area contributed by atoms with E-state index in [2.05, 4.69) is 9.26 Å². The highest BCUT2D eigenvalue weighted by Crippen LogP contribution is 2.28. The SMILES string of the molecule is CO[P+](=O)C(C#N)OC(C)=O. The van der Waals surface area contributed by atoms with Gasteiger partial charge in [-0.05, 0) is 4.57 Å². The second kappa shape index (κ2) is 4.78. The van der Waals surface area contributed by atoms with Gasteiger partial charge in [-0.15, -0.1) is 4.52 Å². The maximum atomic E-state index is 10.7. The zero-order chi connectivity index (χ0) is 8.85. The van der Waals surface area contributed by atoms with E-state index < -0.39 is 19.8 Å². The Bertz CT molecular complexity index is 209. The van der Waals surface area contributed by atoms with Crippen LogP contribution in [0.4, 0.5) is 0 Å². The molecule has 0 aromatic carbocycles. The molecular formula is C5H7NO4P+. The Kier molecular flexibility index (Phi) is 4.35. The Morgan fingerprint density at radius 3 is 2.55 bits per heavy atom. The molecule has 0 spiro atoms. The molecular weight excluding hydrogens is 169 g/mol. The minimum atomic E-state index is -2.23. The third kappa shape index (κ3) is 3.66. The van der Waals surface area contributed by atoms with Crippen LogP contribution in [0.15, 0.2) is 0 Å². The maximum absolute atomic E-state index is 10.7. The van der Waals surface area contributed by atoms with E-state index in [9.17, 15) is 9.36 Å². The van der Waals surface area contributed by atoms with Gasteiger partial charge in [-0.1, -0.05) is 0 Å². The van der Waals surface area contributed by atoms with Gasteiger partial charge in [0.05, 0.1) is 7.11 Å². The molecule has 0 rings (SSSR count). The number of carbonyl (C=O) groups excluding carboxylic acids is 1. The number of hydrogen-bond acceptors (Lipinski definition) is 5. The lowest BCUT2D eigenvalue weighted by Crippen LogP contribution is -2.10. The summed E-state index contributed by atoms with van der Waals surface area (Å²) in [7, 11) is -1.06. The normalized spacial score (nSPS) is 13.0. The monoisotopic (exact) mass is 176 g/mol. The van der Waals surface area contributed by atoms with Gasteiger partial charge in [-0.2, -0.15) is 5.26 Å². The number of carbonyl (C=O) groups is 1. The van der Waals surface area contributed by atoms with Gasteiger partial charge in [0, 0.05) is 6.92 Å². The van der Waals surface area contributed by atoms with Gasteiger partial charge in [0.2, 0.25) is 0 Å². The van der Waals surface area contributed by atoms with Crippen molar-refractivity contribution in [2.75, 3.05) is 7.11 Å². The smallest absolute Gasteiger partial charge is 0.402 e. The third-order valence-electron chi connectivity index (χ3n) is 0.759. The predicted molar refractivity (Wildman–Crippen MR) is 35.8 cm³/mol. The van der Waals surface area contributed by atoms with Crippen LogP contribution in [0.2, 0.25) is 0 Å². The number of nitriles is 1. The van der Waals surface area contributed by atoms with Gasteiger partial charge in [-0.25, -0.2) is 0 Å². The minimum Gasteiger partial charge on any atom is -0.402 e. The summed E-state index contributed by atoms with van der Waals surface area (Å²) in [6.07, 6.45) is 0. The number of hydrogen-bond donors (Lipinski definition) is 0.